The molecule has 0 aliphatic rings. The SMILES string of the molecule is C=C(C)COc1ccccc1NC(=O)c1ccccc1OCC(=C)C. The van der Waals surface area contributed by atoms with Crippen LogP contribution in [-0.2, 0) is 0 Å². The van der Waals surface area contributed by atoms with E-state index < -0.39 is 0 Å². The van der Waals surface area contributed by atoms with Crippen molar-refractivity contribution in [3.05, 3.63) is 78.4 Å². The molecule has 4 heteroatoms. The normalized spacial score (nSPS) is 10.0. The number of nitrogens with one attached hydrogen (secondary N) is 1. The van der Waals surface area contributed by atoms with Gasteiger partial charge in [0.15, 0.2) is 0 Å². The lowest BCUT2D eigenvalue weighted by molar-refractivity contribution is 0.102. The molecule has 130 valence electrons. The molecule has 1 amide bonds. The lowest BCUT2D eigenvalue weighted by atomic mass is 10.1. The van der Waals surface area contributed by atoms with Crippen LogP contribution in [0, 0.1) is 0 Å². The number of carbonyl (C=O) groups is 1. The monoisotopic (exact) mass is 337 g/mol. The van der Waals surface area contributed by atoms with Crippen molar-refractivity contribution in [1.29, 1.82) is 0 Å². The summed E-state index contributed by atoms with van der Waals surface area (Å²) >= 11 is 0. The number of hydrogen-bond acceptors (Lipinski definition) is 3. The first kappa shape index (κ1) is 18.3. The zero-order valence-corrected chi connectivity index (χ0v) is 14.7. The number of rotatable bonds is 8. The van der Waals surface area contributed by atoms with Gasteiger partial charge in [0.05, 0.1) is 11.3 Å². The van der Waals surface area contributed by atoms with E-state index in [1.165, 1.54) is 0 Å². The topological polar surface area (TPSA) is 47.6 Å². The van der Waals surface area contributed by atoms with Gasteiger partial charge in [-0.25, -0.2) is 0 Å². The van der Waals surface area contributed by atoms with Crippen LogP contribution >= 0.6 is 0 Å². The van der Waals surface area contributed by atoms with Crippen LogP contribution in [0.3, 0.4) is 0 Å². The largest absolute Gasteiger partial charge is 0.488 e. The molecule has 2 aromatic carbocycles. The van der Waals surface area contributed by atoms with E-state index in [2.05, 4.69) is 18.5 Å². The fourth-order valence-electron chi connectivity index (χ4n) is 2.07. The highest BCUT2D eigenvalue weighted by molar-refractivity contribution is 6.06. The predicted molar refractivity (Wildman–Crippen MR) is 101 cm³/mol. The Bertz CT molecular complexity index is 780. The van der Waals surface area contributed by atoms with Gasteiger partial charge >= 0.3 is 0 Å². The summed E-state index contributed by atoms with van der Waals surface area (Å²) in [7, 11) is 0. The lowest BCUT2D eigenvalue weighted by Gasteiger charge is -2.14. The van der Waals surface area contributed by atoms with Crippen LogP contribution in [0.4, 0.5) is 5.69 Å². The minimum absolute atomic E-state index is 0.260. The van der Waals surface area contributed by atoms with E-state index in [1.54, 1.807) is 24.3 Å². The third kappa shape index (κ3) is 5.53. The summed E-state index contributed by atoms with van der Waals surface area (Å²) in [5.41, 5.74) is 2.84. The van der Waals surface area contributed by atoms with Crippen molar-refractivity contribution in [2.45, 2.75) is 13.8 Å². The second-order valence-corrected chi connectivity index (χ2v) is 5.94. The molecule has 1 N–H and O–H groups in total. The summed E-state index contributed by atoms with van der Waals surface area (Å²) in [6.45, 7) is 12.1. The molecule has 25 heavy (non-hydrogen) atoms. The van der Waals surface area contributed by atoms with E-state index in [9.17, 15) is 4.79 Å². The van der Waals surface area contributed by atoms with E-state index in [0.717, 1.165) is 11.1 Å². The van der Waals surface area contributed by atoms with Crippen LogP contribution in [0.5, 0.6) is 11.5 Å². The van der Waals surface area contributed by atoms with Crippen LogP contribution in [0.25, 0.3) is 0 Å². The maximum atomic E-state index is 12.7. The van der Waals surface area contributed by atoms with Crippen molar-refractivity contribution in [3.63, 3.8) is 0 Å². The highest BCUT2D eigenvalue weighted by Crippen LogP contribution is 2.26. The molecule has 0 saturated carbocycles. The van der Waals surface area contributed by atoms with Gasteiger partial charge in [-0.2, -0.15) is 0 Å². The molecule has 0 heterocycles. The number of ether oxygens (including phenoxy) is 2. The highest BCUT2D eigenvalue weighted by atomic mass is 16.5. The average molecular weight is 337 g/mol. The van der Waals surface area contributed by atoms with Crippen molar-refractivity contribution in [2.75, 3.05) is 18.5 Å². The van der Waals surface area contributed by atoms with Crippen LogP contribution < -0.4 is 14.8 Å². The summed E-state index contributed by atoms with van der Waals surface area (Å²) in [5.74, 6) is 0.853. The van der Waals surface area contributed by atoms with Gasteiger partial charge in [-0.1, -0.05) is 37.4 Å². The average Bonchev–Trinajstić information content (AvgIpc) is 2.59. The van der Waals surface area contributed by atoms with Crippen molar-refractivity contribution in [2.24, 2.45) is 0 Å². The summed E-state index contributed by atoms with van der Waals surface area (Å²) in [6, 6.07) is 14.4. The molecule has 0 fully saturated rings. The number of hydrogen-bond donors (Lipinski definition) is 1. The van der Waals surface area contributed by atoms with Gasteiger partial charge in [0.25, 0.3) is 5.91 Å². The van der Waals surface area contributed by atoms with Crippen LogP contribution in [-0.4, -0.2) is 19.1 Å². The fraction of sp³-hybridized carbons (Fsp3) is 0.190. The molecular weight excluding hydrogens is 314 g/mol. The first-order valence-corrected chi connectivity index (χ1v) is 8.01. The van der Waals surface area contributed by atoms with E-state index in [-0.39, 0.29) is 5.91 Å². The first-order valence-electron chi connectivity index (χ1n) is 8.01. The van der Waals surface area contributed by atoms with Gasteiger partial charge in [0.1, 0.15) is 24.7 Å². The number of benzene rings is 2. The smallest absolute Gasteiger partial charge is 0.259 e. The molecule has 0 radical (unpaired) electrons. The van der Waals surface area contributed by atoms with Crippen LogP contribution in [0.1, 0.15) is 24.2 Å². The van der Waals surface area contributed by atoms with E-state index >= 15 is 0 Å². The van der Waals surface area contributed by atoms with Gasteiger partial charge in [-0.15, -0.1) is 0 Å². The summed E-state index contributed by atoms with van der Waals surface area (Å²) in [6.07, 6.45) is 0. The summed E-state index contributed by atoms with van der Waals surface area (Å²) in [4.78, 5) is 12.7. The minimum atomic E-state index is -0.260. The minimum Gasteiger partial charge on any atom is -0.488 e. The summed E-state index contributed by atoms with van der Waals surface area (Å²) in [5, 5.41) is 2.88. The number of carbonyl (C=O) groups excluding carboxylic acids is 1. The van der Waals surface area contributed by atoms with Crippen molar-refractivity contribution in [1.82, 2.24) is 0 Å². The Morgan fingerprint density at radius 1 is 0.880 bits per heavy atom. The van der Waals surface area contributed by atoms with Gasteiger partial charge in [-0.3, -0.25) is 4.79 Å². The second-order valence-electron chi connectivity index (χ2n) is 5.94. The third-order valence-electron chi connectivity index (χ3n) is 3.22. The van der Waals surface area contributed by atoms with Gasteiger partial charge in [-0.05, 0) is 49.3 Å². The maximum Gasteiger partial charge on any atom is 0.259 e. The van der Waals surface area contributed by atoms with Crippen molar-refractivity contribution >= 4 is 11.6 Å². The molecule has 0 aliphatic heterocycles. The van der Waals surface area contributed by atoms with E-state index in [4.69, 9.17) is 9.47 Å². The van der Waals surface area contributed by atoms with Crippen LogP contribution in [0.2, 0.25) is 0 Å². The Labute approximate surface area is 148 Å². The third-order valence-corrected chi connectivity index (χ3v) is 3.22. The molecule has 2 aromatic rings. The quantitative estimate of drug-likeness (QED) is 0.701. The Kier molecular flexibility index (Phi) is 6.40. The molecular formula is C21H23NO3. The summed E-state index contributed by atoms with van der Waals surface area (Å²) < 4.78 is 11.4. The lowest BCUT2D eigenvalue weighted by Crippen LogP contribution is -2.15. The standard InChI is InChI=1S/C21H23NO3/c1-15(2)13-24-19-11-7-5-9-17(19)21(23)22-18-10-6-8-12-20(18)25-14-16(3)4/h5-12H,1,3,13-14H2,2,4H3,(H,22,23). The Hall–Kier alpha value is -3.01. The van der Waals surface area contributed by atoms with Crippen molar-refractivity contribution in [3.8, 4) is 11.5 Å². The van der Waals surface area contributed by atoms with E-state index in [0.29, 0.717) is 36.0 Å². The molecule has 0 unspecified atom stereocenters. The predicted octanol–water partition coefficient (Wildman–Crippen LogP) is 4.85. The molecule has 2 rings (SSSR count). The maximum absolute atomic E-state index is 12.7. The Balaban J connectivity index is 2.18. The van der Waals surface area contributed by atoms with E-state index in [1.807, 2.05) is 38.1 Å². The highest BCUT2D eigenvalue weighted by Gasteiger charge is 2.14. The van der Waals surface area contributed by atoms with Gasteiger partial charge in [0, 0.05) is 0 Å². The zero-order chi connectivity index (χ0) is 18.2. The number of para-hydroxylation sites is 3. The first-order chi connectivity index (χ1) is 12.0. The number of amides is 1. The molecule has 0 spiro atoms. The van der Waals surface area contributed by atoms with Crippen LogP contribution in [0.15, 0.2) is 72.8 Å². The molecule has 4 nitrogen and oxygen atoms in total. The molecule has 0 aliphatic carbocycles. The second kappa shape index (κ2) is 8.73. The molecule has 0 aromatic heterocycles. The molecule has 0 saturated heterocycles. The van der Waals surface area contributed by atoms with Crippen molar-refractivity contribution < 1.29 is 14.3 Å². The number of anilines is 1. The fourth-order valence-corrected chi connectivity index (χ4v) is 2.07. The zero-order valence-electron chi connectivity index (χ0n) is 14.7. The molecule has 0 bridgehead atoms. The Morgan fingerprint density at radius 3 is 2.04 bits per heavy atom. The Morgan fingerprint density at radius 2 is 1.40 bits per heavy atom. The van der Waals surface area contributed by atoms with Gasteiger partial charge in [0.2, 0.25) is 0 Å². The van der Waals surface area contributed by atoms with Gasteiger partial charge < -0.3 is 14.8 Å². The molecule has 0 atom stereocenters.